The number of esters is 1. The molecule has 0 aliphatic heterocycles. The summed E-state index contributed by atoms with van der Waals surface area (Å²) < 4.78 is 5.03. The van der Waals surface area contributed by atoms with Gasteiger partial charge in [0.1, 0.15) is 0 Å². The Balaban J connectivity index is 2.01. The molecule has 1 aromatic carbocycles. The Bertz CT molecular complexity index is 807. The zero-order chi connectivity index (χ0) is 17.9. The maximum Gasteiger partial charge on any atom is 0.310 e. The van der Waals surface area contributed by atoms with Crippen LogP contribution >= 0.6 is 11.6 Å². The first-order chi connectivity index (χ1) is 11.3. The van der Waals surface area contributed by atoms with Crippen LogP contribution in [-0.4, -0.2) is 29.1 Å². The number of benzene rings is 1. The molecule has 1 aromatic heterocycles. The minimum Gasteiger partial charge on any atom is -0.457 e. The number of halogens is 1. The number of Topliss-reactive ketones (excluding diaryl/α,β-unsaturated/α-hetero) is 2. The van der Waals surface area contributed by atoms with E-state index in [-0.39, 0.29) is 24.6 Å². The summed E-state index contributed by atoms with van der Waals surface area (Å²) in [6, 6.07) is 6.95. The lowest BCUT2D eigenvalue weighted by molar-refractivity contribution is -0.141. The maximum absolute atomic E-state index is 12.2. The van der Waals surface area contributed by atoms with Crippen LogP contribution in [0.25, 0.3) is 0 Å². The molecular formula is C18H18ClNO4. The second-order valence-corrected chi connectivity index (χ2v) is 5.94. The van der Waals surface area contributed by atoms with E-state index < -0.39 is 5.97 Å². The third-order valence-electron chi connectivity index (χ3n) is 3.73. The number of nitrogens with one attached hydrogen (secondary N) is 1. The predicted octanol–water partition coefficient (Wildman–Crippen LogP) is 3.46. The van der Waals surface area contributed by atoms with Crippen molar-refractivity contribution in [3.05, 3.63) is 57.4 Å². The minimum atomic E-state index is -0.538. The van der Waals surface area contributed by atoms with E-state index >= 15 is 0 Å². The molecule has 0 aliphatic rings. The third kappa shape index (κ3) is 3.92. The van der Waals surface area contributed by atoms with Gasteiger partial charge in [0.05, 0.1) is 12.1 Å². The van der Waals surface area contributed by atoms with Gasteiger partial charge in [-0.2, -0.15) is 0 Å². The fourth-order valence-electron chi connectivity index (χ4n) is 2.62. The normalized spacial score (nSPS) is 10.5. The Kier molecular flexibility index (Phi) is 5.57. The summed E-state index contributed by atoms with van der Waals surface area (Å²) in [5, 5.41) is 0.475. The molecular weight excluding hydrogens is 330 g/mol. The second kappa shape index (κ2) is 7.45. The van der Waals surface area contributed by atoms with E-state index in [2.05, 4.69) is 4.98 Å². The third-order valence-corrected chi connectivity index (χ3v) is 4.09. The molecule has 0 radical (unpaired) electrons. The van der Waals surface area contributed by atoms with E-state index in [0.717, 1.165) is 0 Å². The number of aromatic nitrogens is 1. The summed E-state index contributed by atoms with van der Waals surface area (Å²) in [6.07, 6.45) is -0.00557. The van der Waals surface area contributed by atoms with Crippen LogP contribution in [0.1, 0.15) is 44.6 Å². The molecule has 0 saturated heterocycles. The van der Waals surface area contributed by atoms with Gasteiger partial charge in [0, 0.05) is 16.3 Å². The number of aromatic amines is 1. The van der Waals surface area contributed by atoms with Crippen molar-refractivity contribution < 1.29 is 19.1 Å². The van der Waals surface area contributed by atoms with Crippen molar-refractivity contribution >= 4 is 29.1 Å². The van der Waals surface area contributed by atoms with Crippen molar-refractivity contribution in [2.45, 2.75) is 27.2 Å². The highest BCUT2D eigenvalue weighted by atomic mass is 35.5. The Morgan fingerprint density at radius 2 is 1.83 bits per heavy atom. The van der Waals surface area contributed by atoms with E-state index in [1.54, 1.807) is 38.1 Å². The second-order valence-electron chi connectivity index (χ2n) is 5.53. The quantitative estimate of drug-likeness (QED) is 0.641. The average molecular weight is 348 g/mol. The fourth-order valence-corrected chi connectivity index (χ4v) is 2.83. The van der Waals surface area contributed by atoms with E-state index in [9.17, 15) is 14.4 Å². The van der Waals surface area contributed by atoms with Gasteiger partial charge in [-0.25, -0.2) is 0 Å². The van der Waals surface area contributed by atoms with Crippen molar-refractivity contribution in [1.29, 1.82) is 0 Å². The Morgan fingerprint density at radius 1 is 1.17 bits per heavy atom. The molecule has 0 saturated carbocycles. The van der Waals surface area contributed by atoms with Crippen LogP contribution in [0.15, 0.2) is 24.3 Å². The predicted molar refractivity (Wildman–Crippen MR) is 90.7 cm³/mol. The average Bonchev–Trinajstić information content (AvgIpc) is 2.82. The van der Waals surface area contributed by atoms with Gasteiger partial charge in [0.15, 0.2) is 12.4 Å². The molecule has 2 aromatic rings. The number of ether oxygens (including phenoxy) is 1. The summed E-state index contributed by atoms with van der Waals surface area (Å²) in [6.45, 7) is 4.48. The molecule has 0 unspecified atom stereocenters. The van der Waals surface area contributed by atoms with Gasteiger partial charge in [-0.1, -0.05) is 29.8 Å². The lowest BCUT2D eigenvalue weighted by atomic mass is 10.1. The van der Waals surface area contributed by atoms with E-state index in [0.29, 0.717) is 33.1 Å². The molecule has 0 aliphatic carbocycles. The number of H-pyrrole nitrogens is 1. The van der Waals surface area contributed by atoms with E-state index in [1.165, 1.54) is 6.92 Å². The van der Waals surface area contributed by atoms with Gasteiger partial charge >= 0.3 is 5.97 Å². The van der Waals surface area contributed by atoms with Crippen LogP contribution in [0.2, 0.25) is 5.02 Å². The molecule has 126 valence electrons. The molecule has 1 heterocycles. The molecule has 6 heteroatoms. The zero-order valence-corrected chi connectivity index (χ0v) is 14.5. The van der Waals surface area contributed by atoms with Crippen LogP contribution in [-0.2, 0) is 16.0 Å². The monoisotopic (exact) mass is 347 g/mol. The van der Waals surface area contributed by atoms with Gasteiger partial charge in [-0.3, -0.25) is 14.4 Å². The molecule has 2 rings (SSSR count). The first kappa shape index (κ1) is 17.9. The largest absolute Gasteiger partial charge is 0.457 e. The summed E-state index contributed by atoms with van der Waals surface area (Å²) >= 11 is 5.99. The Morgan fingerprint density at radius 3 is 2.42 bits per heavy atom. The standard InChI is InChI=1S/C18H18ClNO4/c1-10-17(12(3)21)11(2)20-18(10)15(22)9-24-16(23)8-13-6-4-5-7-14(13)19/h4-7,20H,8-9H2,1-3H3. The lowest BCUT2D eigenvalue weighted by Crippen LogP contribution is -2.17. The minimum absolute atomic E-state index is 0.00557. The number of hydrogen-bond donors (Lipinski definition) is 1. The molecule has 24 heavy (non-hydrogen) atoms. The van der Waals surface area contributed by atoms with Gasteiger partial charge in [-0.15, -0.1) is 0 Å². The summed E-state index contributed by atoms with van der Waals surface area (Å²) in [4.78, 5) is 38.6. The summed E-state index contributed by atoms with van der Waals surface area (Å²) in [5.41, 5.74) is 2.64. The van der Waals surface area contributed by atoms with Crippen LogP contribution < -0.4 is 0 Å². The number of aryl methyl sites for hydroxylation is 1. The van der Waals surface area contributed by atoms with Crippen molar-refractivity contribution in [1.82, 2.24) is 4.98 Å². The molecule has 0 fully saturated rings. The Hall–Kier alpha value is -2.40. The highest BCUT2D eigenvalue weighted by Gasteiger charge is 2.20. The highest BCUT2D eigenvalue weighted by Crippen LogP contribution is 2.19. The molecule has 0 spiro atoms. The van der Waals surface area contributed by atoms with Gasteiger partial charge in [-0.05, 0) is 38.0 Å². The molecule has 0 amide bonds. The molecule has 5 nitrogen and oxygen atoms in total. The number of hydrogen-bond acceptors (Lipinski definition) is 4. The van der Waals surface area contributed by atoms with Crippen LogP contribution in [0.5, 0.6) is 0 Å². The van der Waals surface area contributed by atoms with E-state index in [1.807, 2.05) is 0 Å². The topological polar surface area (TPSA) is 76.2 Å². The first-order valence-corrected chi connectivity index (χ1v) is 7.81. The summed E-state index contributed by atoms with van der Waals surface area (Å²) in [5.74, 6) is -1.03. The number of carbonyl (C=O) groups is 3. The van der Waals surface area contributed by atoms with Crippen molar-refractivity contribution in [3.8, 4) is 0 Å². The number of carbonyl (C=O) groups excluding carboxylic acids is 3. The number of ketones is 2. The zero-order valence-electron chi connectivity index (χ0n) is 13.7. The SMILES string of the molecule is CC(=O)c1c(C)[nH]c(C(=O)COC(=O)Cc2ccccc2Cl)c1C. The number of rotatable bonds is 6. The summed E-state index contributed by atoms with van der Waals surface area (Å²) in [7, 11) is 0. The maximum atomic E-state index is 12.2. The molecule has 0 bridgehead atoms. The molecule has 0 atom stereocenters. The lowest BCUT2D eigenvalue weighted by Gasteiger charge is -2.06. The van der Waals surface area contributed by atoms with E-state index in [4.69, 9.17) is 16.3 Å². The van der Waals surface area contributed by atoms with Gasteiger partial charge in [0.25, 0.3) is 0 Å². The highest BCUT2D eigenvalue weighted by molar-refractivity contribution is 6.31. The Labute approximate surface area is 145 Å². The molecule has 1 N–H and O–H groups in total. The van der Waals surface area contributed by atoms with Crippen molar-refractivity contribution in [2.24, 2.45) is 0 Å². The van der Waals surface area contributed by atoms with Gasteiger partial charge in [0.2, 0.25) is 5.78 Å². The first-order valence-electron chi connectivity index (χ1n) is 7.43. The van der Waals surface area contributed by atoms with Crippen molar-refractivity contribution in [3.63, 3.8) is 0 Å². The van der Waals surface area contributed by atoms with Crippen molar-refractivity contribution in [2.75, 3.05) is 6.61 Å². The fraction of sp³-hybridized carbons (Fsp3) is 0.278. The van der Waals surface area contributed by atoms with Crippen LogP contribution in [0.4, 0.5) is 0 Å². The smallest absolute Gasteiger partial charge is 0.310 e. The van der Waals surface area contributed by atoms with Crippen LogP contribution in [0, 0.1) is 13.8 Å². The van der Waals surface area contributed by atoms with Crippen LogP contribution in [0.3, 0.4) is 0 Å². The van der Waals surface area contributed by atoms with Gasteiger partial charge < -0.3 is 9.72 Å².